The van der Waals surface area contributed by atoms with Gasteiger partial charge in [-0.2, -0.15) is 0 Å². The first-order valence-corrected chi connectivity index (χ1v) is 4.44. The smallest absolute Gasteiger partial charge is 0.332 e. The Morgan fingerprint density at radius 1 is 1.07 bits per heavy atom. The normalized spacial score (nSPS) is 11.4. The number of aliphatic carboxylic acids is 1. The zero-order chi connectivity index (χ0) is 11.0. The number of carboxylic acid groups (broad SMARTS) is 1. The molecule has 84 valence electrons. The molecule has 14 heavy (non-hydrogen) atoms. The van der Waals surface area contributed by atoms with E-state index in [0.717, 1.165) is 0 Å². The van der Waals surface area contributed by atoms with Crippen LogP contribution in [0.2, 0.25) is 0 Å². The van der Waals surface area contributed by atoms with Gasteiger partial charge in [-0.05, 0) is 6.92 Å². The molecular weight excluding hydrogens is 218 g/mol. The molecule has 0 rings (SSSR count). The number of rotatable bonds is 3. The van der Waals surface area contributed by atoms with Crippen LogP contribution in [-0.4, -0.2) is 34.4 Å². The van der Waals surface area contributed by atoms with Crippen LogP contribution in [0.15, 0.2) is 0 Å². The predicted octanol–water partition coefficient (Wildman–Crippen LogP) is 0.842. The van der Waals surface area contributed by atoms with Gasteiger partial charge in [-0.1, -0.05) is 27.7 Å². The molecule has 1 unspecified atom stereocenters. The zero-order valence-corrected chi connectivity index (χ0v) is 11.1. The minimum Gasteiger partial charge on any atom is -0.479 e. The Kier molecular flexibility index (Phi) is 15.7. The maximum Gasteiger partial charge on any atom is 0.332 e. The second-order valence-corrected chi connectivity index (χ2v) is 3.49. The quantitative estimate of drug-likeness (QED) is 0.638. The van der Waals surface area contributed by atoms with Gasteiger partial charge in [-0.3, -0.25) is 0 Å². The molecule has 0 aliphatic rings. The summed E-state index contributed by atoms with van der Waals surface area (Å²) < 4.78 is 0. The summed E-state index contributed by atoms with van der Waals surface area (Å²) in [6.45, 7) is 9.81. The van der Waals surface area contributed by atoms with E-state index < -0.39 is 12.1 Å². The summed E-state index contributed by atoms with van der Waals surface area (Å²) in [5.74, 6) is -1.19. The Morgan fingerprint density at radius 2 is 1.29 bits per heavy atom. The molecule has 5 heteroatoms. The number of hydrogen-bond donors (Lipinski definition) is 3. The van der Waals surface area contributed by atoms with Crippen LogP contribution >= 0.6 is 0 Å². The monoisotopic (exact) mass is 239 g/mol. The summed E-state index contributed by atoms with van der Waals surface area (Å²) >= 11 is 0. The van der Waals surface area contributed by atoms with Gasteiger partial charge in [0.05, 0.1) is 0 Å². The predicted molar refractivity (Wildman–Crippen MR) is 52.7 cm³/mol. The first-order chi connectivity index (χ1) is 5.77. The fourth-order valence-corrected chi connectivity index (χ4v) is 0.667. The third-order valence-electron chi connectivity index (χ3n) is 1.02. The van der Waals surface area contributed by atoms with Gasteiger partial charge < -0.3 is 15.5 Å². The summed E-state index contributed by atoms with van der Waals surface area (Å²) in [6, 6.07) is 1.25. The Labute approximate surface area is 101 Å². The molecule has 0 radical (unpaired) electrons. The average Bonchev–Trinajstić information content (AvgIpc) is 1.84. The van der Waals surface area contributed by atoms with E-state index >= 15 is 0 Å². The van der Waals surface area contributed by atoms with Crippen LogP contribution in [0.3, 0.4) is 0 Å². The summed E-state index contributed by atoms with van der Waals surface area (Å²) in [6.07, 6.45) is -1.23. The van der Waals surface area contributed by atoms with Crippen molar-refractivity contribution >= 4 is 5.97 Å². The van der Waals surface area contributed by atoms with Gasteiger partial charge >= 0.3 is 5.97 Å². The molecular formula is C9H21NO3Ti. The van der Waals surface area contributed by atoms with E-state index in [4.69, 9.17) is 10.2 Å². The van der Waals surface area contributed by atoms with Crippen LogP contribution in [0.25, 0.3) is 0 Å². The van der Waals surface area contributed by atoms with Gasteiger partial charge in [0, 0.05) is 33.8 Å². The molecule has 0 saturated carbocycles. The summed E-state index contributed by atoms with van der Waals surface area (Å²) in [7, 11) is 0. The van der Waals surface area contributed by atoms with Crippen molar-refractivity contribution in [1.29, 1.82) is 0 Å². The molecule has 0 bridgehead atoms. The molecule has 0 amide bonds. The number of hydrogen-bond acceptors (Lipinski definition) is 3. The van der Waals surface area contributed by atoms with Gasteiger partial charge in [-0.15, -0.1) is 0 Å². The van der Waals surface area contributed by atoms with Crippen molar-refractivity contribution in [2.45, 2.75) is 52.8 Å². The van der Waals surface area contributed by atoms with E-state index in [1.807, 2.05) is 0 Å². The van der Waals surface area contributed by atoms with Crippen molar-refractivity contribution in [3.8, 4) is 0 Å². The first kappa shape index (κ1) is 19.6. The van der Waals surface area contributed by atoms with Crippen molar-refractivity contribution in [2.24, 2.45) is 0 Å². The third kappa shape index (κ3) is 22.7. The van der Waals surface area contributed by atoms with Gasteiger partial charge in [-0.25, -0.2) is 4.79 Å². The molecule has 0 aromatic heterocycles. The number of carboxylic acids is 1. The van der Waals surface area contributed by atoms with Crippen molar-refractivity contribution in [2.75, 3.05) is 0 Å². The van der Waals surface area contributed by atoms with Crippen LogP contribution < -0.4 is 5.32 Å². The van der Waals surface area contributed by atoms with Gasteiger partial charge in [0.15, 0.2) is 0 Å². The minimum absolute atomic E-state index is 0. The van der Waals surface area contributed by atoms with E-state index in [1.54, 1.807) is 0 Å². The number of aliphatic hydroxyl groups is 1. The van der Waals surface area contributed by atoms with Crippen molar-refractivity contribution < 1.29 is 36.7 Å². The van der Waals surface area contributed by atoms with E-state index in [9.17, 15) is 4.79 Å². The molecule has 0 aromatic carbocycles. The van der Waals surface area contributed by atoms with E-state index in [0.29, 0.717) is 12.1 Å². The molecule has 0 spiro atoms. The Hall–Kier alpha value is 0.104. The van der Waals surface area contributed by atoms with E-state index in [2.05, 4.69) is 33.0 Å². The SMILES string of the molecule is CC(C)NC(C)C.CC(O)C(=O)O.[Ti]. The molecule has 0 fully saturated rings. The molecule has 0 aliphatic carbocycles. The zero-order valence-electron chi connectivity index (χ0n) is 9.53. The van der Waals surface area contributed by atoms with Gasteiger partial charge in [0.25, 0.3) is 0 Å². The van der Waals surface area contributed by atoms with E-state index in [1.165, 1.54) is 6.92 Å². The maximum atomic E-state index is 9.45. The molecule has 0 aromatic rings. The molecule has 1 atom stereocenters. The molecule has 0 saturated heterocycles. The summed E-state index contributed by atoms with van der Waals surface area (Å²) in [5.41, 5.74) is 0. The Morgan fingerprint density at radius 3 is 1.29 bits per heavy atom. The molecule has 0 aliphatic heterocycles. The average molecular weight is 239 g/mol. The Bertz CT molecular complexity index is 132. The molecule has 0 heterocycles. The summed E-state index contributed by atoms with van der Waals surface area (Å²) in [5, 5.41) is 19.1. The van der Waals surface area contributed by atoms with Gasteiger partial charge in [0.1, 0.15) is 6.10 Å². The van der Waals surface area contributed by atoms with Crippen LogP contribution in [0.1, 0.15) is 34.6 Å². The standard InChI is InChI=1S/C6H15N.C3H6O3.Ti/c1-5(2)7-6(3)4;1-2(4)3(5)6;/h5-7H,1-4H3;2,4H,1H3,(H,5,6);. The van der Waals surface area contributed by atoms with Crippen LogP contribution in [0.4, 0.5) is 0 Å². The van der Waals surface area contributed by atoms with Crippen LogP contribution in [-0.2, 0) is 26.5 Å². The topological polar surface area (TPSA) is 69.6 Å². The second kappa shape index (κ2) is 11.2. The third-order valence-corrected chi connectivity index (χ3v) is 1.02. The fourth-order valence-electron chi connectivity index (χ4n) is 0.667. The minimum atomic E-state index is -1.23. The second-order valence-electron chi connectivity index (χ2n) is 3.49. The van der Waals surface area contributed by atoms with E-state index in [-0.39, 0.29) is 21.7 Å². The molecule has 4 nitrogen and oxygen atoms in total. The molecule has 3 N–H and O–H groups in total. The fraction of sp³-hybridized carbons (Fsp3) is 0.889. The van der Waals surface area contributed by atoms with Crippen molar-refractivity contribution in [3.63, 3.8) is 0 Å². The first-order valence-electron chi connectivity index (χ1n) is 4.44. The van der Waals surface area contributed by atoms with Gasteiger partial charge in [0.2, 0.25) is 0 Å². The van der Waals surface area contributed by atoms with Crippen molar-refractivity contribution in [3.05, 3.63) is 0 Å². The van der Waals surface area contributed by atoms with Crippen molar-refractivity contribution in [1.82, 2.24) is 5.32 Å². The summed E-state index contributed by atoms with van der Waals surface area (Å²) in [4.78, 5) is 9.45. The Balaban J connectivity index is -0.000000163. The number of nitrogens with one attached hydrogen (secondary N) is 1. The van der Waals surface area contributed by atoms with Crippen LogP contribution in [0, 0.1) is 0 Å². The van der Waals surface area contributed by atoms with Crippen LogP contribution in [0.5, 0.6) is 0 Å². The number of carbonyl (C=O) groups is 1. The number of aliphatic hydroxyl groups excluding tert-OH is 1. The largest absolute Gasteiger partial charge is 0.479 e. The maximum absolute atomic E-state index is 9.45.